The number of carbonyl (C=O) groups excluding carboxylic acids is 2. The fraction of sp³-hybridized carbons (Fsp3) is 0.533. The lowest BCUT2D eigenvalue weighted by Gasteiger charge is -2.38. The topological polar surface area (TPSA) is 99.5 Å². The highest BCUT2D eigenvalue weighted by Crippen LogP contribution is 2.36. The minimum absolute atomic E-state index is 0.0653. The molecule has 2 aliphatic heterocycles. The first-order chi connectivity index (χ1) is 20.8. The molecule has 8 nitrogen and oxygen atoms in total. The third-order valence-electron chi connectivity index (χ3n) is 7.57. The van der Waals surface area contributed by atoms with Crippen molar-refractivity contribution in [1.29, 1.82) is 0 Å². The third-order valence-corrected chi connectivity index (χ3v) is 7.57. The monoisotopic (exact) mass is 634 g/mol. The Hall–Kier alpha value is -3.52. The van der Waals surface area contributed by atoms with Crippen LogP contribution in [0.5, 0.6) is 0 Å². The second-order valence-corrected chi connectivity index (χ2v) is 10.7. The predicted octanol–water partition coefficient (Wildman–Crippen LogP) is 5.92. The maximum atomic E-state index is 13.1. The van der Waals surface area contributed by atoms with E-state index in [1.807, 2.05) is 0 Å². The molecule has 4 atom stereocenters. The number of halogens is 6. The molecule has 0 aromatic heterocycles. The van der Waals surface area contributed by atoms with Crippen molar-refractivity contribution in [1.82, 2.24) is 9.80 Å². The lowest BCUT2D eigenvalue weighted by atomic mass is 9.91. The first-order valence-electron chi connectivity index (χ1n) is 14.1. The summed E-state index contributed by atoms with van der Waals surface area (Å²) in [5, 5.41) is 18.1. The molecule has 2 amide bonds. The zero-order valence-corrected chi connectivity index (χ0v) is 23.8. The van der Waals surface area contributed by atoms with Gasteiger partial charge in [0.2, 0.25) is 0 Å². The number of aliphatic hydroxyl groups excluding tert-OH is 2. The normalized spacial score (nSPS) is 22.5. The van der Waals surface area contributed by atoms with Crippen molar-refractivity contribution in [2.75, 3.05) is 26.3 Å². The van der Waals surface area contributed by atoms with Crippen molar-refractivity contribution < 1.29 is 55.6 Å². The minimum Gasteiger partial charge on any atom is -0.445 e. The van der Waals surface area contributed by atoms with E-state index >= 15 is 0 Å². The largest absolute Gasteiger partial charge is 0.445 e. The SMILES string of the molecule is O=C(OCc1ccccc1)N1CC[C@@H](CO)C[C@H]1C(F)(F)F.O=C(OCc1ccccc1)N1CC[C@H](CO)C[C@@H]1C(F)(F)F. The molecule has 2 heterocycles. The van der Waals surface area contributed by atoms with Gasteiger partial charge in [0.05, 0.1) is 0 Å². The summed E-state index contributed by atoms with van der Waals surface area (Å²) in [6.07, 6.45) is -10.9. The molecule has 44 heavy (non-hydrogen) atoms. The van der Waals surface area contributed by atoms with E-state index in [1.54, 1.807) is 60.7 Å². The van der Waals surface area contributed by atoms with Crippen LogP contribution in [0.3, 0.4) is 0 Å². The molecule has 0 saturated carbocycles. The van der Waals surface area contributed by atoms with Crippen molar-refractivity contribution in [2.24, 2.45) is 11.8 Å². The number of likely N-dealkylation sites (tertiary alicyclic amines) is 2. The maximum absolute atomic E-state index is 13.1. The van der Waals surface area contributed by atoms with Gasteiger partial charge in [0.1, 0.15) is 25.3 Å². The van der Waals surface area contributed by atoms with Gasteiger partial charge < -0.3 is 19.7 Å². The molecule has 0 radical (unpaired) electrons. The molecular weight excluding hydrogens is 598 g/mol. The summed E-state index contributed by atoms with van der Waals surface area (Å²) in [4.78, 5) is 25.4. The van der Waals surface area contributed by atoms with Crippen LogP contribution in [0.15, 0.2) is 60.7 Å². The molecule has 2 aromatic rings. The fourth-order valence-electron chi connectivity index (χ4n) is 5.07. The average molecular weight is 635 g/mol. The van der Waals surface area contributed by atoms with E-state index in [9.17, 15) is 35.9 Å². The summed E-state index contributed by atoms with van der Waals surface area (Å²) < 4.78 is 88.5. The van der Waals surface area contributed by atoms with Crippen LogP contribution in [-0.4, -0.2) is 82.9 Å². The summed E-state index contributed by atoms with van der Waals surface area (Å²) >= 11 is 0. The zero-order valence-electron chi connectivity index (χ0n) is 23.8. The molecule has 2 N–H and O–H groups in total. The number of hydrogen-bond donors (Lipinski definition) is 2. The van der Waals surface area contributed by atoms with Crippen molar-refractivity contribution in [3.05, 3.63) is 71.8 Å². The third kappa shape index (κ3) is 10.3. The lowest BCUT2D eigenvalue weighted by molar-refractivity contribution is -0.191. The van der Waals surface area contributed by atoms with Crippen LogP contribution in [0.2, 0.25) is 0 Å². The first-order valence-corrected chi connectivity index (χ1v) is 14.1. The number of benzene rings is 2. The molecule has 0 aliphatic carbocycles. The summed E-state index contributed by atoms with van der Waals surface area (Å²) in [7, 11) is 0. The number of alkyl halides is 6. The van der Waals surface area contributed by atoms with Gasteiger partial charge in [-0.3, -0.25) is 9.80 Å². The molecule has 2 fully saturated rings. The molecular formula is C30H36F6N2O6. The second-order valence-electron chi connectivity index (χ2n) is 10.7. The maximum Gasteiger partial charge on any atom is 0.410 e. The van der Waals surface area contributed by atoms with Crippen molar-refractivity contribution in [2.45, 2.75) is 63.3 Å². The van der Waals surface area contributed by atoms with Gasteiger partial charge in [-0.05, 0) is 48.6 Å². The number of amides is 2. The standard InChI is InChI=1S/2C15H18F3NO3/c2*16-15(17,18)13-8-12(9-20)6-7-19(13)14(21)22-10-11-4-2-1-3-5-11/h2*1-5,12-13,20H,6-10H2/t2*12-,13+/m10/s1. The van der Waals surface area contributed by atoms with E-state index in [2.05, 4.69) is 0 Å². The van der Waals surface area contributed by atoms with E-state index in [4.69, 9.17) is 19.7 Å². The van der Waals surface area contributed by atoms with Crippen molar-refractivity contribution in [3.63, 3.8) is 0 Å². The fourth-order valence-corrected chi connectivity index (χ4v) is 5.07. The molecule has 0 unspecified atom stereocenters. The molecule has 0 spiro atoms. The number of aliphatic hydroxyl groups is 2. The van der Waals surface area contributed by atoms with Crippen LogP contribution >= 0.6 is 0 Å². The number of carbonyl (C=O) groups is 2. The van der Waals surface area contributed by atoms with Crippen LogP contribution in [0.1, 0.15) is 36.8 Å². The van der Waals surface area contributed by atoms with Gasteiger partial charge in [-0.25, -0.2) is 9.59 Å². The van der Waals surface area contributed by atoms with Crippen LogP contribution < -0.4 is 0 Å². The number of piperidine rings is 2. The van der Waals surface area contributed by atoms with Gasteiger partial charge >= 0.3 is 24.5 Å². The van der Waals surface area contributed by atoms with Gasteiger partial charge in [0.25, 0.3) is 0 Å². The van der Waals surface area contributed by atoms with Crippen molar-refractivity contribution in [3.8, 4) is 0 Å². The molecule has 2 aromatic carbocycles. The van der Waals surface area contributed by atoms with Gasteiger partial charge in [-0.2, -0.15) is 26.3 Å². The quantitative estimate of drug-likeness (QED) is 0.383. The minimum atomic E-state index is -4.53. The highest BCUT2D eigenvalue weighted by atomic mass is 19.4. The van der Waals surface area contributed by atoms with E-state index in [0.29, 0.717) is 24.0 Å². The summed E-state index contributed by atoms with van der Waals surface area (Å²) in [6, 6.07) is 13.7. The number of nitrogens with zero attached hydrogens (tertiary/aromatic N) is 2. The van der Waals surface area contributed by atoms with Crippen molar-refractivity contribution >= 4 is 12.2 Å². The summed E-state index contributed by atoms with van der Waals surface area (Å²) in [5.41, 5.74) is 1.43. The zero-order chi connectivity index (χ0) is 32.3. The van der Waals surface area contributed by atoms with Crippen LogP contribution in [-0.2, 0) is 22.7 Å². The second kappa shape index (κ2) is 16.0. The van der Waals surface area contributed by atoms with Gasteiger partial charge in [0, 0.05) is 26.3 Å². The number of rotatable bonds is 6. The van der Waals surface area contributed by atoms with Gasteiger partial charge in [0.15, 0.2) is 0 Å². The smallest absolute Gasteiger partial charge is 0.410 e. The molecule has 0 bridgehead atoms. The number of ether oxygens (including phenoxy) is 2. The highest BCUT2D eigenvalue weighted by Gasteiger charge is 2.50. The Kier molecular flexibility index (Phi) is 12.7. The number of hydrogen-bond acceptors (Lipinski definition) is 6. The Labute approximate surface area is 251 Å². The average Bonchev–Trinajstić information content (AvgIpc) is 3.02. The highest BCUT2D eigenvalue weighted by molar-refractivity contribution is 5.69. The van der Waals surface area contributed by atoms with Crippen LogP contribution in [0.4, 0.5) is 35.9 Å². The molecule has 4 rings (SSSR count). The summed E-state index contributed by atoms with van der Waals surface area (Å²) in [5.74, 6) is -0.880. The Morgan fingerprint density at radius 1 is 0.659 bits per heavy atom. The molecule has 2 aliphatic rings. The summed E-state index contributed by atoms with van der Waals surface area (Å²) in [6.45, 7) is -0.876. The molecule has 2 saturated heterocycles. The van der Waals surface area contributed by atoms with E-state index < -0.39 is 48.5 Å². The van der Waals surface area contributed by atoms with Gasteiger partial charge in [-0.1, -0.05) is 60.7 Å². The molecule has 14 heteroatoms. The lowest BCUT2D eigenvalue weighted by Crippen LogP contribution is -2.53. The first kappa shape index (κ1) is 35.0. The van der Waals surface area contributed by atoms with Crippen LogP contribution in [0.25, 0.3) is 0 Å². The Morgan fingerprint density at radius 3 is 1.30 bits per heavy atom. The predicted molar refractivity (Wildman–Crippen MR) is 146 cm³/mol. The van der Waals surface area contributed by atoms with Crippen LogP contribution in [0, 0.1) is 11.8 Å². The van der Waals surface area contributed by atoms with E-state index in [0.717, 1.165) is 9.80 Å². The Balaban J connectivity index is 0.000000240. The van der Waals surface area contributed by atoms with Gasteiger partial charge in [-0.15, -0.1) is 0 Å². The Morgan fingerprint density at radius 2 is 1.00 bits per heavy atom. The Bertz CT molecular complexity index is 1080. The molecule has 244 valence electrons. The van der Waals surface area contributed by atoms with E-state index in [-0.39, 0.29) is 52.4 Å². The van der Waals surface area contributed by atoms with E-state index in [1.165, 1.54) is 0 Å².